The van der Waals surface area contributed by atoms with E-state index in [1.807, 2.05) is 60.1 Å². The number of benzene rings is 3. The van der Waals surface area contributed by atoms with Gasteiger partial charge in [0.15, 0.2) is 9.84 Å². The van der Waals surface area contributed by atoms with Crippen molar-refractivity contribution in [3.63, 3.8) is 0 Å². The van der Waals surface area contributed by atoms with Crippen LogP contribution < -0.4 is 4.90 Å². The van der Waals surface area contributed by atoms with Crippen molar-refractivity contribution in [3.8, 4) is 11.1 Å². The van der Waals surface area contributed by atoms with E-state index in [0.29, 0.717) is 14.9 Å². The summed E-state index contributed by atoms with van der Waals surface area (Å²) in [5.74, 6) is 0. The molecule has 0 fully saturated rings. The molecule has 36 heavy (non-hydrogen) atoms. The second kappa shape index (κ2) is 10.2. The van der Waals surface area contributed by atoms with E-state index in [1.54, 1.807) is 29.5 Å². The van der Waals surface area contributed by atoms with Gasteiger partial charge in [0.05, 0.1) is 20.6 Å². The van der Waals surface area contributed by atoms with Gasteiger partial charge in [-0.1, -0.05) is 59.6 Å². The van der Waals surface area contributed by atoms with E-state index in [2.05, 4.69) is 22.2 Å². The normalized spacial score (nSPS) is 14.2. The van der Waals surface area contributed by atoms with Gasteiger partial charge >= 0.3 is 0 Å². The molecule has 0 aliphatic carbocycles. The molecule has 4 nitrogen and oxygen atoms in total. The number of halogens is 2. The van der Waals surface area contributed by atoms with Gasteiger partial charge in [-0.05, 0) is 60.4 Å². The zero-order valence-electron chi connectivity index (χ0n) is 19.4. The van der Waals surface area contributed by atoms with Gasteiger partial charge in [0.2, 0.25) is 0 Å². The Morgan fingerprint density at radius 2 is 1.67 bits per heavy atom. The molecule has 0 bridgehead atoms. The van der Waals surface area contributed by atoms with Gasteiger partial charge in [0.25, 0.3) is 0 Å². The molecule has 0 saturated heterocycles. The van der Waals surface area contributed by atoms with E-state index in [0.717, 1.165) is 51.5 Å². The van der Waals surface area contributed by atoms with Crippen LogP contribution in [0.2, 0.25) is 10.0 Å². The number of aromatic nitrogens is 1. The molecule has 8 heteroatoms. The lowest BCUT2D eigenvalue weighted by atomic mass is 10.0. The maximum atomic E-state index is 12.0. The Labute approximate surface area is 225 Å². The first-order valence-corrected chi connectivity index (χ1v) is 14.8. The molecule has 1 aliphatic heterocycles. The minimum atomic E-state index is -3.29. The van der Waals surface area contributed by atoms with Crippen molar-refractivity contribution < 1.29 is 8.42 Å². The van der Waals surface area contributed by atoms with Gasteiger partial charge in [-0.2, -0.15) is 0 Å². The lowest BCUT2D eigenvalue weighted by Gasteiger charge is -2.26. The minimum absolute atomic E-state index is 0.297. The topological polar surface area (TPSA) is 50.3 Å². The van der Waals surface area contributed by atoms with E-state index in [4.69, 9.17) is 23.2 Å². The molecule has 0 atom stereocenters. The van der Waals surface area contributed by atoms with Gasteiger partial charge in [-0.25, -0.2) is 13.4 Å². The monoisotopic (exact) mass is 552 g/mol. The fourth-order valence-electron chi connectivity index (χ4n) is 4.20. The van der Waals surface area contributed by atoms with Crippen LogP contribution in [0.5, 0.6) is 0 Å². The molecule has 0 radical (unpaired) electrons. The highest BCUT2D eigenvalue weighted by Gasteiger charge is 2.22. The lowest BCUT2D eigenvalue weighted by molar-refractivity contribution is 0.602. The summed E-state index contributed by atoms with van der Waals surface area (Å²) in [6.07, 6.45) is 8.95. The summed E-state index contributed by atoms with van der Waals surface area (Å²) in [6, 6.07) is 20.5. The summed E-state index contributed by atoms with van der Waals surface area (Å²) in [6.45, 7) is 0. The zero-order chi connectivity index (χ0) is 25.3. The van der Waals surface area contributed by atoms with E-state index in [1.165, 1.54) is 6.26 Å². The fourth-order valence-corrected chi connectivity index (χ4v) is 6.13. The quantitative estimate of drug-likeness (QED) is 0.250. The Hall–Kier alpha value is -2.90. The summed E-state index contributed by atoms with van der Waals surface area (Å²) >= 11 is 14.9. The molecule has 1 aliphatic rings. The van der Waals surface area contributed by atoms with Crippen LogP contribution in [0.25, 0.3) is 22.4 Å². The Morgan fingerprint density at radius 1 is 0.944 bits per heavy atom. The number of hydrogen-bond donors (Lipinski definition) is 0. The number of sulfone groups is 1. The highest BCUT2D eigenvalue weighted by molar-refractivity contribution is 7.90. The molecule has 0 saturated carbocycles. The molecule has 0 N–H and O–H groups in total. The number of anilines is 1. The number of thiazole rings is 1. The molecule has 1 aromatic heterocycles. The highest BCUT2D eigenvalue weighted by Crippen LogP contribution is 2.40. The third-order valence-corrected chi connectivity index (χ3v) is 8.55. The smallest absolute Gasteiger partial charge is 0.175 e. The van der Waals surface area contributed by atoms with Gasteiger partial charge in [-0.15, -0.1) is 11.3 Å². The molecular weight excluding hydrogens is 531 g/mol. The van der Waals surface area contributed by atoms with Crippen LogP contribution in [0.15, 0.2) is 95.5 Å². The Bertz CT molecular complexity index is 1560. The molecule has 0 spiro atoms. The van der Waals surface area contributed by atoms with Gasteiger partial charge in [0, 0.05) is 40.9 Å². The predicted octanol–water partition coefficient (Wildman–Crippen LogP) is 8.20. The van der Waals surface area contributed by atoms with Crippen LogP contribution in [-0.4, -0.2) is 19.7 Å². The zero-order valence-corrected chi connectivity index (χ0v) is 22.5. The molecule has 0 unspecified atom stereocenters. The molecule has 2 heterocycles. The Morgan fingerprint density at radius 3 is 2.33 bits per heavy atom. The third kappa shape index (κ3) is 5.13. The van der Waals surface area contributed by atoms with Crippen molar-refractivity contribution in [1.29, 1.82) is 0 Å². The largest absolute Gasteiger partial charge is 0.316 e. The highest BCUT2D eigenvalue weighted by atomic mass is 35.5. The number of rotatable bonds is 5. The maximum absolute atomic E-state index is 12.0. The molecule has 5 rings (SSSR count). The van der Waals surface area contributed by atoms with Crippen LogP contribution in [0.1, 0.15) is 23.4 Å². The number of hydrogen-bond acceptors (Lipinski definition) is 5. The summed E-state index contributed by atoms with van der Waals surface area (Å²) < 4.78 is 24.0. The van der Waals surface area contributed by atoms with Crippen LogP contribution in [0, 0.1) is 0 Å². The van der Waals surface area contributed by atoms with Crippen LogP contribution >= 0.6 is 34.5 Å². The number of nitrogens with zero attached hydrogens (tertiary/aromatic N) is 2. The second-order valence-electron chi connectivity index (χ2n) is 8.43. The van der Waals surface area contributed by atoms with E-state index >= 15 is 0 Å². The molecule has 0 amide bonds. The SMILES string of the molecule is CS(=O)(=O)c1cccc(-c2ccc(N3C=C(c4nccs4)CCC=C3c3c(Cl)cccc3Cl)cc2)c1. The average Bonchev–Trinajstić information content (AvgIpc) is 3.31. The van der Waals surface area contributed by atoms with Crippen molar-refractivity contribution in [3.05, 3.63) is 111 Å². The van der Waals surface area contributed by atoms with Gasteiger partial charge in [0.1, 0.15) is 5.01 Å². The molecular formula is C28H22Cl2N2O2S2. The summed E-state index contributed by atoms with van der Waals surface area (Å²) in [4.78, 5) is 6.93. The Balaban J connectivity index is 1.60. The summed E-state index contributed by atoms with van der Waals surface area (Å²) in [5.41, 5.74) is 5.50. The van der Waals surface area contributed by atoms with Crippen molar-refractivity contribution in [2.75, 3.05) is 11.2 Å². The first-order valence-electron chi connectivity index (χ1n) is 11.3. The summed E-state index contributed by atoms with van der Waals surface area (Å²) in [5, 5.41) is 4.12. The number of allylic oxidation sites excluding steroid dienone is 2. The van der Waals surface area contributed by atoms with Crippen molar-refractivity contribution in [2.24, 2.45) is 0 Å². The van der Waals surface area contributed by atoms with Crippen LogP contribution in [-0.2, 0) is 9.84 Å². The van der Waals surface area contributed by atoms with Gasteiger partial charge < -0.3 is 4.90 Å². The predicted molar refractivity (Wildman–Crippen MR) is 151 cm³/mol. The second-order valence-corrected chi connectivity index (χ2v) is 12.2. The molecule has 182 valence electrons. The van der Waals surface area contributed by atoms with E-state index < -0.39 is 9.84 Å². The maximum Gasteiger partial charge on any atom is 0.175 e. The molecule has 4 aromatic rings. The van der Waals surface area contributed by atoms with Crippen molar-refractivity contribution >= 4 is 61.3 Å². The first-order chi connectivity index (χ1) is 17.3. The minimum Gasteiger partial charge on any atom is -0.316 e. The lowest BCUT2D eigenvalue weighted by Crippen LogP contribution is -2.15. The van der Waals surface area contributed by atoms with Crippen LogP contribution in [0.3, 0.4) is 0 Å². The standard InChI is InChI=1S/C28H22Cl2N2O2S2/c1-36(33,34)23-7-2-5-20(17-23)19-11-13-22(14-12-19)32-18-21(28-31-15-16-35-28)6-3-10-26(32)27-24(29)8-4-9-25(27)30/h2,4-5,7-18H,3,6H2,1H3. The van der Waals surface area contributed by atoms with Crippen molar-refractivity contribution in [2.45, 2.75) is 17.7 Å². The molecule has 3 aromatic carbocycles. The van der Waals surface area contributed by atoms with Crippen molar-refractivity contribution in [1.82, 2.24) is 4.98 Å². The average molecular weight is 554 g/mol. The van der Waals surface area contributed by atoms with Crippen LogP contribution in [0.4, 0.5) is 5.69 Å². The third-order valence-electron chi connectivity index (χ3n) is 5.96. The van der Waals surface area contributed by atoms with Gasteiger partial charge in [-0.3, -0.25) is 0 Å². The fraction of sp³-hybridized carbons (Fsp3) is 0.107. The van der Waals surface area contributed by atoms with E-state index in [-0.39, 0.29) is 0 Å². The first kappa shape index (κ1) is 24.8. The summed E-state index contributed by atoms with van der Waals surface area (Å²) in [7, 11) is -3.29. The van der Waals surface area contributed by atoms with E-state index in [9.17, 15) is 8.42 Å². The Kier molecular flexibility index (Phi) is 7.04.